The molecule has 2 heterocycles. The summed E-state index contributed by atoms with van der Waals surface area (Å²) in [6, 6.07) is 25.7. The molecule has 0 bridgehead atoms. The average Bonchev–Trinajstić information content (AvgIpc) is 3.66. The quantitative estimate of drug-likeness (QED) is 0.179. The van der Waals surface area contributed by atoms with Crippen molar-refractivity contribution < 1.29 is 36.9 Å². The lowest BCUT2D eigenvalue weighted by atomic mass is 9.52. The Kier molecular flexibility index (Phi) is 7.79. The van der Waals surface area contributed by atoms with Gasteiger partial charge in [-0.25, -0.2) is 0 Å². The van der Waals surface area contributed by atoms with Gasteiger partial charge in [-0.2, -0.15) is 13.2 Å². The molecule has 9 rings (SSSR count). The van der Waals surface area contributed by atoms with Crippen molar-refractivity contribution in [3.63, 3.8) is 0 Å². The van der Waals surface area contributed by atoms with E-state index < -0.39 is 29.2 Å². The Morgan fingerprint density at radius 1 is 0.679 bits per heavy atom. The van der Waals surface area contributed by atoms with Crippen molar-refractivity contribution in [1.82, 2.24) is 0 Å². The molecule has 4 aliphatic rings. The summed E-state index contributed by atoms with van der Waals surface area (Å²) in [6.07, 6.45) is 2.31. The molecule has 0 N–H and O–H groups in total. The Morgan fingerprint density at radius 3 is 1.82 bits per heavy atom. The summed E-state index contributed by atoms with van der Waals surface area (Å²) >= 11 is 0. The Labute approximate surface area is 326 Å². The molecule has 290 valence electrons. The third-order valence-electron chi connectivity index (χ3n) is 12.9. The van der Waals surface area contributed by atoms with E-state index in [-0.39, 0.29) is 27.9 Å². The van der Waals surface area contributed by atoms with Crippen LogP contribution < -0.4 is 23.7 Å². The first kappa shape index (κ1) is 36.5. The van der Waals surface area contributed by atoms with E-state index >= 15 is 13.2 Å². The summed E-state index contributed by atoms with van der Waals surface area (Å²) in [4.78, 5) is 0. The van der Waals surface area contributed by atoms with Crippen LogP contribution >= 0.6 is 0 Å². The molecule has 5 nitrogen and oxygen atoms in total. The Balaban J connectivity index is 1.46. The first-order chi connectivity index (χ1) is 26.5. The van der Waals surface area contributed by atoms with Crippen LogP contribution in [0.25, 0.3) is 28.0 Å². The summed E-state index contributed by atoms with van der Waals surface area (Å²) in [6.45, 7) is 10.0. The van der Waals surface area contributed by atoms with Crippen molar-refractivity contribution in [2.75, 3.05) is 27.9 Å². The van der Waals surface area contributed by atoms with E-state index in [9.17, 15) is 0 Å². The molecule has 0 aromatic heterocycles. The van der Waals surface area contributed by atoms with E-state index in [1.165, 1.54) is 14.0 Å². The highest BCUT2D eigenvalue weighted by molar-refractivity contribution is 6.12. The third kappa shape index (κ3) is 4.99. The molecular weight excluding hydrogens is 714 g/mol. The zero-order valence-electron chi connectivity index (χ0n) is 33.2. The fourth-order valence-electron chi connectivity index (χ4n) is 11.3. The minimum Gasteiger partial charge on any atom is -0.497 e. The smallest absolute Gasteiger partial charge is 0.401 e. The number of fused-ring (bicyclic) bond motifs is 12. The van der Waals surface area contributed by atoms with Crippen LogP contribution in [0.1, 0.15) is 87.3 Å². The summed E-state index contributed by atoms with van der Waals surface area (Å²) in [5.41, 5.74) is 2.46. The lowest BCUT2D eigenvalue weighted by molar-refractivity contribution is -0.186. The van der Waals surface area contributed by atoms with Crippen LogP contribution in [-0.4, -0.2) is 34.1 Å². The maximum atomic E-state index is 15.6. The van der Waals surface area contributed by atoms with Gasteiger partial charge in [-0.3, -0.25) is 0 Å². The van der Waals surface area contributed by atoms with Crippen LogP contribution in [0.4, 0.5) is 13.2 Å². The molecule has 2 aliphatic heterocycles. The normalized spacial score (nSPS) is 21.7. The van der Waals surface area contributed by atoms with Crippen LogP contribution in [-0.2, 0) is 16.4 Å². The lowest BCUT2D eigenvalue weighted by Gasteiger charge is -2.52. The van der Waals surface area contributed by atoms with E-state index in [0.29, 0.717) is 28.0 Å². The molecule has 1 atom stereocenters. The van der Waals surface area contributed by atoms with Gasteiger partial charge in [0, 0.05) is 38.4 Å². The van der Waals surface area contributed by atoms with Crippen molar-refractivity contribution in [1.29, 1.82) is 0 Å². The second kappa shape index (κ2) is 12.0. The molecule has 5 aromatic carbocycles. The Hall–Kier alpha value is -5.11. The van der Waals surface area contributed by atoms with Gasteiger partial charge in [-0.05, 0) is 95.7 Å². The fraction of sp³-hybridized carbons (Fsp3) is 0.375. The van der Waals surface area contributed by atoms with Gasteiger partial charge in [0.1, 0.15) is 29.3 Å². The first-order valence-corrected chi connectivity index (χ1v) is 19.2. The number of halogens is 3. The van der Waals surface area contributed by atoms with Crippen molar-refractivity contribution >= 4 is 16.8 Å². The summed E-state index contributed by atoms with van der Waals surface area (Å²) in [5, 5.41) is 1.05. The zero-order valence-corrected chi connectivity index (χ0v) is 33.2. The van der Waals surface area contributed by atoms with Gasteiger partial charge in [0.25, 0.3) is 0 Å². The lowest BCUT2D eigenvalue weighted by Crippen LogP contribution is -2.44. The maximum absolute atomic E-state index is 15.6. The molecule has 5 aromatic rings. The molecule has 1 spiro atoms. The second-order valence-electron chi connectivity index (χ2n) is 17.9. The largest absolute Gasteiger partial charge is 0.497 e. The Bertz CT molecular complexity index is 2380. The standard InChI is InChI=1S/C48H47F3O5/c1-43(2)24-44(3,4)26-46(25-43)35-12-10-9-11-32(35)37-38-34(23-36(54-8)42-40(38)45(5,27-55-42)48(49,50)51)41-33(39(37)46)21-22-47(56-41,28-13-17-30(52-6)18-14-28)29-15-19-31(53-7)20-16-29/h9-23H,24-27H2,1-8H3. The third-order valence-corrected chi connectivity index (χ3v) is 12.9. The number of hydrogen-bond donors (Lipinski definition) is 0. The van der Waals surface area contributed by atoms with Crippen LogP contribution in [0.2, 0.25) is 0 Å². The first-order valence-electron chi connectivity index (χ1n) is 19.2. The Morgan fingerprint density at radius 2 is 1.27 bits per heavy atom. The molecule has 0 saturated heterocycles. The number of rotatable bonds is 5. The highest BCUT2D eigenvalue weighted by atomic mass is 19.4. The van der Waals surface area contributed by atoms with E-state index in [0.717, 1.165) is 58.2 Å². The van der Waals surface area contributed by atoms with Gasteiger partial charge in [-0.1, -0.05) is 82.3 Å². The number of benzene rings is 5. The van der Waals surface area contributed by atoms with Gasteiger partial charge >= 0.3 is 6.18 Å². The topological polar surface area (TPSA) is 46.2 Å². The van der Waals surface area contributed by atoms with Crippen LogP contribution in [0.5, 0.6) is 28.7 Å². The van der Waals surface area contributed by atoms with Gasteiger partial charge in [0.2, 0.25) is 0 Å². The highest BCUT2D eigenvalue weighted by Gasteiger charge is 2.61. The predicted octanol–water partition coefficient (Wildman–Crippen LogP) is 11.9. The monoisotopic (exact) mass is 760 g/mol. The molecule has 1 unspecified atom stereocenters. The fourth-order valence-corrected chi connectivity index (χ4v) is 11.3. The van der Waals surface area contributed by atoms with Crippen molar-refractivity contribution in [2.24, 2.45) is 10.8 Å². The van der Waals surface area contributed by atoms with Gasteiger partial charge in [-0.15, -0.1) is 0 Å². The average molecular weight is 761 g/mol. The number of hydrogen-bond acceptors (Lipinski definition) is 5. The van der Waals surface area contributed by atoms with Crippen molar-refractivity contribution in [3.05, 3.63) is 118 Å². The van der Waals surface area contributed by atoms with Gasteiger partial charge in [0.05, 0.1) is 21.3 Å². The van der Waals surface area contributed by atoms with E-state index in [4.69, 9.17) is 23.7 Å². The van der Waals surface area contributed by atoms with Crippen LogP contribution in [0, 0.1) is 10.8 Å². The molecule has 56 heavy (non-hydrogen) atoms. The van der Waals surface area contributed by atoms with E-state index in [1.54, 1.807) is 14.2 Å². The predicted molar refractivity (Wildman–Crippen MR) is 213 cm³/mol. The highest BCUT2D eigenvalue weighted by Crippen LogP contribution is 2.69. The molecule has 0 radical (unpaired) electrons. The number of alkyl halides is 3. The molecule has 8 heteroatoms. The summed E-state index contributed by atoms with van der Waals surface area (Å²) in [7, 11) is 4.73. The molecular formula is C48H47F3O5. The SMILES string of the molecule is COc1ccc(C2(c3ccc(OC)cc3)C=Cc3c4c(c5c6c(c(OC)cc5c3O2)OCC6(C)C(F)(F)F)-c2ccccc2C42CC(C)(C)CC(C)(C)C2)cc1. The second-order valence-corrected chi connectivity index (χ2v) is 17.9. The minimum absolute atomic E-state index is 0.0705. The van der Waals surface area contributed by atoms with Gasteiger partial charge < -0.3 is 23.7 Å². The molecule has 1 fully saturated rings. The molecule has 0 amide bonds. The zero-order chi connectivity index (χ0) is 39.6. The summed E-state index contributed by atoms with van der Waals surface area (Å²) < 4.78 is 77.5. The summed E-state index contributed by atoms with van der Waals surface area (Å²) in [5.74, 6) is 2.26. The van der Waals surface area contributed by atoms with Crippen molar-refractivity contribution in [3.8, 4) is 39.9 Å². The minimum atomic E-state index is -4.62. The molecule has 2 aliphatic carbocycles. The molecule has 1 saturated carbocycles. The van der Waals surface area contributed by atoms with Crippen molar-refractivity contribution in [2.45, 2.75) is 76.5 Å². The van der Waals surface area contributed by atoms with E-state index in [1.807, 2.05) is 60.7 Å². The van der Waals surface area contributed by atoms with Crippen LogP contribution in [0.15, 0.2) is 84.9 Å². The van der Waals surface area contributed by atoms with Gasteiger partial charge in [0.15, 0.2) is 17.1 Å². The van der Waals surface area contributed by atoms with Crippen LogP contribution in [0.3, 0.4) is 0 Å². The van der Waals surface area contributed by atoms with E-state index in [2.05, 4.69) is 58.0 Å². The maximum Gasteiger partial charge on any atom is 0.401 e. The number of methoxy groups -OCH3 is 3. The number of ether oxygens (including phenoxy) is 5.